The molecule has 0 amide bonds. The lowest BCUT2D eigenvalue weighted by atomic mass is 9.87. The van der Waals surface area contributed by atoms with Crippen molar-refractivity contribution in [3.05, 3.63) is 0 Å². The van der Waals surface area contributed by atoms with Crippen molar-refractivity contribution in [1.82, 2.24) is 0 Å². The molecule has 0 saturated heterocycles. The largest absolute Gasteiger partial charge is 0.393 e. The van der Waals surface area contributed by atoms with Crippen LogP contribution < -0.4 is 0 Å². The highest BCUT2D eigenvalue weighted by molar-refractivity contribution is 4.82. The van der Waals surface area contributed by atoms with E-state index in [4.69, 9.17) is 6.42 Å². The van der Waals surface area contributed by atoms with Gasteiger partial charge >= 0.3 is 0 Å². The fourth-order valence-corrected chi connectivity index (χ4v) is 1.95. The van der Waals surface area contributed by atoms with Crippen molar-refractivity contribution >= 4 is 0 Å². The van der Waals surface area contributed by atoms with Crippen molar-refractivity contribution in [2.45, 2.75) is 78.2 Å². The van der Waals surface area contributed by atoms with E-state index >= 15 is 0 Å². The van der Waals surface area contributed by atoms with Gasteiger partial charge in [0.2, 0.25) is 0 Å². The molecule has 0 aliphatic rings. The third-order valence-corrected chi connectivity index (χ3v) is 2.71. The summed E-state index contributed by atoms with van der Waals surface area (Å²) in [6, 6.07) is 0. The maximum Gasteiger partial charge on any atom is 0.0545 e. The molecule has 94 valence electrons. The molecule has 1 heteroatoms. The summed E-state index contributed by atoms with van der Waals surface area (Å²) in [6.07, 6.45) is 13.8. The van der Waals surface area contributed by atoms with Crippen LogP contribution in [-0.4, -0.2) is 11.2 Å². The Bertz CT molecular complexity index is 194. The molecule has 1 nitrogen and oxygen atoms in total. The average Bonchev–Trinajstić information content (AvgIpc) is 2.13. The van der Waals surface area contributed by atoms with Gasteiger partial charge in [-0.25, -0.2) is 0 Å². The van der Waals surface area contributed by atoms with Crippen LogP contribution in [0.25, 0.3) is 0 Å². The maximum atomic E-state index is 9.80. The van der Waals surface area contributed by atoms with Crippen LogP contribution in [0.5, 0.6) is 0 Å². The van der Waals surface area contributed by atoms with Crippen LogP contribution in [0.1, 0.15) is 72.1 Å². The smallest absolute Gasteiger partial charge is 0.0545 e. The molecule has 0 aliphatic carbocycles. The third kappa shape index (κ3) is 11.6. The number of hydrogen-bond donors (Lipinski definition) is 1. The zero-order chi connectivity index (χ0) is 12.4. The lowest BCUT2D eigenvalue weighted by Crippen LogP contribution is -2.17. The normalized spacial score (nSPS) is 13.4. The van der Waals surface area contributed by atoms with Gasteiger partial charge in [-0.3, -0.25) is 0 Å². The van der Waals surface area contributed by atoms with E-state index in [1.807, 2.05) is 0 Å². The SMILES string of the molecule is C#CCCCCCCCC(O)CC(C)(C)C. The number of unbranched alkanes of at least 4 members (excludes halogenated alkanes) is 5. The molecule has 0 aromatic carbocycles. The van der Waals surface area contributed by atoms with Crippen LogP contribution in [0.15, 0.2) is 0 Å². The van der Waals surface area contributed by atoms with Crippen molar-refractivity contribution in [1.29, 1.82) is 0 Å². The summed E-state index contributed by atoms with van der Waals surface area (Å²) in [5.74, 6) is 2.66. The van der Waals surface area contributed by atoms with Crippen LogP contribution >= 0.6 is 0 Å². The van der Waals surface area contributed by atoms with Crippen molar-refractivity contribution in [3.63, 3.8) is 0 Å². The molecule has 0 saturated carbocycles. The number of aliphatic hydroxyl groups is 1. The van der Waals surface area contributed by atoms with Crippen LogP contribution in [0.3, 0.4) is 0 Å². The molecular weight excluding hydrogens is 196 g/mol. The first-order valence-corrected chi connectivity index (χ1v) is 6.57. The zero-order valence-corrected chi connectivity index (χ0v) is 11.3. The van der Waals surface area contributed by atoms with Crippen molar-refractivity contribution in [2.75, 3.05) is 0 Å². The Morgan fingerprint density at radius 1 is 1.06 bits per heavy atom. The Hall–Kier alpha value is -0.480. The number of aliphatic hydroxyl groups excluding tert-OH is 1. The fourth-order valence-electron chi connectivity index (χ4n) is 1.95. The van der Waals surface area contributed by atoms with Gasteiger partial charge in [0.1, 0.15) is 0 Å². The Morgan fingerprint density at radius 3 is 2.19 bits per heavy atom. The van der Waals surface area contributed by atoms with Crippen molar-refractivity contribution in [2.24, 2.45) is 5.41 Å². The first-order valence-electron chi connectivity index (χ1n) is 6.57. The lowest BCUT2D eigenvalue weighted by Gasteiger charge is -2.22. The highest BCUT2D eigenvalue weighted by Gasteiger charge is 2.15. The molecule has 0 aromatic rings. The molecule has 1 unspecified atom stereocenters. The molecule has 0 bridgehead atoms. The first kappa shape index (κ1) is 15.5. The highest BCUT2D eigenvalue weighted by atomic mass is 16.3. The van der Waals surface area contributed by atoms with Crippen LogP contribution in [0.4, 0.5) is 0 Å². The van der Waals surface area contributed by atoms with E-state index in [1.165, 1.54) is 19.3 Å². The minimum absolute atomic E-state index is 0.120. The molecule has 1 atom stereocenters. The van der Waals surface area contributed by atoms with Gasteiger partial charge in [0.25, 0.3) is 0 Å². The van der Waals surface area contributed by atoms with Gasteiger partial charge in [0.15, 0.2) is 0 Å². The van der Waals surface area contributed by atoms with Gasteiger partial charge in [0.05, 0.1) is 6.10 Å². The summed E-state index contributed by atoms with van der Waals surface area (Å²) in [5, 5.41) is 9.80. The number of hydrogen-bond acceptors (Lipinski definition) is 1. The van der Waals surface area contributed by atoms with Crippen LogP contribution in [0, 0.1) is 17.8 Å². The number of rotatable bonds is 8. The topological polar surface area (TPSA) is 20.2 Å². The predicted octanol–water partition coefficient (Wildman–Crippen LogP) is 4.15. The maximum absolute atomic E-state index is 9.80. The monoisotopic (exact) mass is 224 g/mol. The summed E-state index contributed by atoms with van der Waals surface area (Å²) in [6.45, 7) is 6.53. The molecule has 0 aromatic heterocycles. The zero-order valence-electron chi connectivity index (χ0n) is 11.3. The second-order valence-electron chi connectivity index (χ2n) is 5.93. The van der Waals surface area contributed by atoms with Gasteiger partial charge in [-0.05, 0) is 24.7 Å². The standard InChI is InChI=1S/C15H28O/c1-5-6-7-8-9-10-11-12-14(16)13-15(2,3)4/h1,14,16H,6-13H2,2-4H3. The van der Waals surface area contributed by atoms with Gasteiger partial charge in [0, 0.05) is 6.42 Å². The van der Waals surface area contributed by atoms with Gasteiger partial charge in [-0.2, -0.15) is 0 Å². The average molecular weight is 224 g/mol. The molecule has 16 heavy (non-hydrogen) atoms. The molecule has 1 N–H and O–H groups in total. The third-order valence-electron chi connectivity index (χ3n) is 2.71. The Balaban J connectivity index is 3.29. The summed E-state index contributed by atoms with van der Waals surface area (Å²) in [7, 11) is 0. The quantitative estimate of drug-likeness (QED) is 0.485. The van der Waals surface area contributed by atoms with Crippen LogP contribution in [0.2, 0.25) is 0 Å². The summed E-state index contributed by atoms with van der Waals surface area (Å²) >= 11 is 0. The van der Waals surface area contributed by atoms with Crippen molar-refractivity contribution < 1.29 is 5.11 Å². The molecule has 0 radical (unpaired) electrons. The Morgan fingerprint density at radius 2 is 1.62 bits per heavy atom. The molecule has 0 fully saturated rings. The van der Waals surface area contributed by atoms with E-state index in [-0.39, 0.29) is 11.5 Å². The molecule has 0 spiro atoms. The second-order valence-corrected chi connectivity index (χ2v) is 5.93. The second kappa shape index (κ2) is 8.65. The Kier molecular flexibility index (Phi) is 8.39. The molecule has 0 heterocycles. The van der Waals surface area contributed by atoms with E-state index in [9.17, 15) is 5.11 Å². The van der Waals surface area contributed by atoms with Gasteiger partial charge < -0.3 is 5.11 Å². The highest BCUT2D eigenvalue weighted by Crippen LogP contribution is 2.23. The minimum atomic E-state index is -0.120. The number of terminal acetylenes is 1. The molecule has 0 rings (SSSR count). The first-order chi connectivity index (χ1) is 7.45. The van der Waals surface area contributed by atoms with E-state index in [0.29, 0.717) is 0 Å². The van der Waals surface area contributed by atoms with Gasteiger partial charge in [-0.1, -0.05) is 46.5 Å². The van der Waals surface area contributed by atoms with E-state index in [1.54, 1.807) is 0 Å². The summed E-state index contributed by atoms with van der Waals surface area (Å²) < 4.78 is 0. The predicted molar refractivity (Wildman–Crippen MR) is 71.2 cm³/mol. The fraction of sp³-hybridized carbons (Fsp3) is 0.867. The molecular formula is C15H28O. The summed E-state index contributed by atoms with van der Waals surface area (Å²) in [4.78, 5) is 0. The Labute approximate surface area is 102 Å². The van der Waals surface area contributed by atoms with Gasteiger partial charge in [-0.15, -0.1) is 12.3 Å². The van der Waals surface area contributed by atoms with E-state index in [2.05, 4.69) is 26.7 Å². The summed E-state index contributed by atoms with van der Waals surface area (Å²) in [5.41, 5.74) is 0.242. The van der Waals surface area contributed by atoms with E-state index in [0.717, 1.165) is 32.1 Å². The van der Waals surface area contributed by atoms with E-state index < -0.39 is 0 Å². The van der Waals surface area contributed by atoms with Crippen molar-refractivity contribution in [3.8, 4) is 12.3 Å². The lowest BCUT2D eigenvalue weighted by molar-refractivity contribution is 0.110. The van der Waals surface area contributed by atoms with Crippen LogP contribution in [-0.2, 0) is 0 Å². The molecule has 0 aliphatic heterocycles. The minimum Gasteiger partial charge on any atom is -0.393 e.